The van der Waals surface area contributed by atoms with Crippen LogP contribution in [0.3, 0.4) is 0 Å². The molecule has 1 amide bonds. The Bertz CT molecular complexity index is 1130. The van der Waals surface area contributed by atoms with E-state index in [2.05, 4.69) is 4.98 Å². The van der Waals surface area contributed by atoms with Crippen molar-refractivity contribution in [2.45, 2.75) is 29.7 Å². The van der Waals surface area contributed by atoms with Gasteiger partial charge >= 0.3 is 6.09 Å². The molecule has 3 aromatic rings. The number of carbonyl (C=O) groups excluding carboxylic acids is 1. The van der Waals surface area contributed by atoms with E-state index in [0.29, 0.717) is 18.1 Å². The molecule has 5 rings (SSSR count). The topological polar surface area (TPSA) is 62.7 Å². The van der Waals surface area contributed by atoms with Crippen molar-refractivity contribution in [1.82, 2.24) is 9.29 Å². The zero-order valence-corrected chi connectivity index (χ0v) is 19.0. The van der Waals surface area contributed by atoms with Crippen LogP contribution in [0, 0.1) is 0 Å². The monoisotopic (exact) mass is 473 g/mol. The minimum atomic E-state index is -1.23. The molecule has 2 aromatic heterocycles. The fourth-order valence-corrected chi connectivity index (χ4v) is 6.77. The van der Waals surface area contributed by atoms with Crippen molar-refractivity contribution in [2.24, 2.45) is 0 Å². The summed E-state index contributed by atoms with van der Waals surface area (Å²) >= 11 is 7.60. The minimum absolute atomic E-state index is 0.00777. The van der Waals surface area contributed by atoms with Crippen LogP contribution in [0.25, 0.3) is 10.6 Å². The van der Waals surface area contributed by atoms with E-state index >= 15 is 0 Å². The van der Waals surface area contributed by atoms with E-state index in [-0.39, 0.29) is 18.7 Å². The lowest BCUT2D eigenvalue weighted by Crippen LogP contribution is -2.49. The number of ether oxygens (including phenoxy) is 1. The number of anilines is 1. The van der Waals surface area contributed by atoms with Gasteiger partial charge in [0.05, 0.1) is 16.3 Å². The standard InChI is InChI=1S/C22H20ClN3O3S2/c23-16-4-5-19-15(13-16)14-29-22(27)26(19)17-8-11-25(12-9-17)31(28)21-7-6-20(30-21)18-3-1-2-10-24-18/h1-7,10,13,17H,8-9,11-12,14H2. The van der Waals surface area contributed by atoms with Crippen LogP contribution in [0.1, 0.15) is 18.4 Å². The summed E-state index contributed by atoms with van der Waals surface area (Å²) in [6, 6.07) is 15.2. The molecule has 9 heteroatoms. The molecule has 1 fully saturated rings. The number of halogens is 1. The maximum absolute atomic E-state index is 13.1. The molecule has 6 nitrogen and oxygen atoms in total. The molecular formula is C22H20ClN3O3S2. The van der Waals surface area contributed by atoms with Crippen molar-refractivity contribution < 1.29 is 13.7 Å². The third-order valence-electron chi connectivity index (χ3n) is 5.54. The molecule has 0 N–H and O–H groups in total. The first-order chi connectivity index (χ1) is 15.1. The van der Waals surface area contributed by atoms with Crippen molar-refractivity contribution in [3.63, 3.8) is 0 Å². The SMILES string of the molecule is O=C1OCc2cc(Cl)ccc2N1C1CCN(S(=O)c2ccc(-c3ccccn3)s2)CC1. The summed E-state index contributed by atoms with van der Waals surface area (Å²) in [6.45, 7) is 1.52. The van der Waals surface area contributed by atoms with Gasteiger partial charge in [0.2, 0.25) is 0 Å². The van der Waals surface area contributed by atoms with Crippen molar-refractivity contribution in [2.75, 3.05) is 18.0 Å². The van der Waals surface area contributed by atoms with E-state index in [1.807, 2.05) is 46.8 Å². The third-order valence-corrected chi connectivity index (χ3v) is 8.67. The summed E-state index contributed by atoms with van der Waals surface area (Å²) in [5.74, 6) is 0. The van der Waals surface area contributed by atoms with Gasteiger partial charge in [-0.2, -0.15) is 0 Å². The maximum Gasteiger partial charge on any atom is 0.414 e. The molecule has 0 saturated carbocycles. The Morgan fingerprint density at radius 3 is 2.74 bits per heavy atom. The number of fused-ring (bicyclic) bond motifs is 1. The van der Waals surface area contributed by atoms with Crippen LogP contribution in [-0.4, -0.2) is 38.7 Å². The minimum Gasteiger partial charge on any atom is -0.444 e. The smallest absolute Gasteiger partial charge is 0.414 e. The predicted octanol–water partition coefficient (Wildman–Crippen LogP) is 5.11. The van der Waals surface area contributed by atoms with Gasteiger partial charge < -0.3 is 4.74 Å². The number of hydrogen-bond acceptors (Lipinski definition) is 5. The molecule has 1 unspecified atom stereocenters. The number of thiophene rings is 1. The number of nitrogens with zero attached hydrogens (tertiary/aromatic N) is 3. The average molecular weight is 474 g/mol. The van der Waals surface area contributed by atoms with Crippen LogP contribution in [0.2, 0.25) is 5.02 Å². The van der Waals surface area contributed by atoms with Crippen LogP contribution in [-0.2, 0) is 22.3 Å². The Morgan fingerprint density at radius 2 is 1.97 bits per heavy atom. The van der Waals surface area contributed by atoms with Crippen LogP contribution < -0.4 is 4.90 Å². The van der Waals surface area contributed by atoms with Gasteiger partial charge in [-0.3, -0.25) is 9.88 Å². The van der Waals surface area contributed by atoms with Crippen molar-refractivity contribution >= 4 is 45.7 Å². The molecule has 4 heterocycles. The van der Waals surface area contributed by atoms with Crippen molar-refractivity contribution in [3.8, 4) is 10.6 Å². The first-order valence-corrected chi connectivity index (χ1v) is 12.3. The highest BCUT2D eigenvalue weighted by Crippen LogP contribution is 2.35. The Morgan fingerprint density at radius 1 is 1.13 bits per heavy atom. The molecule has 2 aliphatic rings. The number of benzene rings is 1. The predicted molar refractivity (Wildman–Crippen MR) is 123 cm³/mol. The highest BCUT2D eigenvalue weighted by Gasteiger charge is 2.35. The van der Waals surface area contributed by atoms with Crippen molar-refractivity contribution in [3.05, 3.63) is 65.3 Å². The first-order valence-electron chi connectivity index (χ1n) is 10.0. The molecule has 0 bridgehead atoms. The number of pyridine rings is 1. The van der Waals surface area contributed by atoms with Gasteiger partial charge in [-0.15, -0.1) is 11.3 Å². The van der Waals surface area contributed by atoms with Gasteiger partial charge in [0, 0.05) is 35.9 Å². The molecule has 2 aliphatic heterocycles. The number of rotatable bonds is 4. The fourth-order valence-electron chi connectivity index (χ4n) is 4.01. The number of aromatic nitrogens is 1. The quantitative estimate of drug-likeness (QED) is 0.528. The van der Waals surface area contributed by atoms with E-state index in [1.165, 1.54) is 11.3 Å². The Labute approximate surface area is 192 Å². The number of amides is 1. The number of piperidine rings is 1. The maximum atomic E-state index is 13.1. The summed E-state index contributed by atoms with van der Waals surface area (Å²) < 4.78 is 21.3. The molecule has 1 saturated heterocycles. The Balaban J connectivity index is 1.27. The fraction of sp³-hybridized carbons (Fsp3) is 0.273. The van der Waals surface area contributed by atoms with Crippen molar-refractivity contribution in [1.29, 1.82) is 0 Å². The van der Waals surface area contributed by atoms with Gasteiger partial charge in [-0.1, -0.05) is 17.7 Å². The molecule has 1 atom stereocenters. The number of carbonyl (C=O) groups is 1. The number of cyclic esters (lactones) is 1. The lowest BCUT2D eigenvalue weighted by molar-refractivity contribution is 0.136. The third kappa shape index (κ3) is 4.13. The normalized spacial score (nSPS) is 18.5. The average Bonchev–Trinajstić information content (AvgIpc) is 3.30. The molecule has 31 heavy (non-hydrogen) atoms. The lowest BCUT2D eigenvalue weighted by atomic mass is 10.0. The molecule has 1 aromatic carbocycles. The van der Waals surface area contributed by atoms with Gasteiger partial charge in [0.1, 0.15) is 21.8 Å². The summed E-state index contributed by atoms with van der Waals surface area (Å²) in [4.78, 5) is 19.6. The van der Waals surface area contributed by atoms with E-state index < -0.39 is 11.0 Å². The Hall–Kier alpha value is -2.26. The second kappa shape index (κ2) is 8.70. The number of hydrogen-bond donors (Lipinski definition) is 0. The summed E-state index contributed by atoms with van der Waals surface area (Å²) in [7, 11) is -1.23. The van der Waals surface area contributed by atoms with Gasteiger partial charge in [0.15, 0.2) is 0 Å². The zero-order chi connectivity index (χ0) is 21.4. The second-order valence-corrected chi connectivity index (χ2v) is 10.7. The highest BCUT2D eigenvalue weighted by molar-refractivity contribution is 7.85. The summed E-state index contributed by atoms with van der Waals surface area (Å²) in [5, 5.41) is 0.628. The van der Waals surface area contributed by atoms with Gasteiger partial charge in [-0.05, 0) is 55.3 Å². The van der Waals surface area contributed by atoms with Crippen LogP contribution in [0.4, 0.5) is 10.5 Å². The molecular weight excluding hydrogens is 454 g/mol. The van der Waals surface area contributed by atoms with Crippen LogP contribution in [0.5, 0.6) is 0 Å². The highest BCUT2D eigenvalue weighted by atomic mass is 35.5. The summed E-state index contributed by atoms with van der Waals surface area (Å²) in [5.41, 5.74) is 2.66. The van der Waals surface area contributed by atoms with E-state index in [4.69, 9.17) is 16.3 Å². The lowest BCUT2D eigenvalue weighted by Gasteiger charge is -2.39. The Kier molecular flexibility index (Phi) is 5.79. The first kappa shape index (κ1) is 20.6. The van der Waals surface area contributed by atoms with Crippen LogP contribution >= 0.6 is 22.9 Å². The van der Waals surface area contributed by atoms with E-state index in [9.17, 15) is 9.00 Å². The second-order valence-electron chi connectivity index (χ2n) is 7.44. The van der Waals surface area contributed by atoms with Crippen LogP contribution in [0.15, 0.2) is 58.9 Å². The molecule has 0 aliphatic carbocycles. The zero-order valence-electron chi connectivity index (χ0n) is 16.6. The summed E-state index contributed by atoms with van der Waals surface area (Å²) in [6.07, 6.45) is 2.88. The largest absolute Gasteiger partial charge is 0.444 e. The van der Waals surface area contributed by atoms with E-state index in [1.54, 1.807) is 17.2 Å². The van der Waals surface area contributed by atoms with E-state index in [0.717, 1.165) is 38.9 Å². The molecule has 160 valence electrons. The molecule has 0 radical (unpaired) electrons. The van der Waals surface area contributed by atoms with Gasteiger partial charge in [0.25, 0.3) is 0 Å². The van der Waals surface area contributed by atoms with Gasteiger partial charge in [-0.25, -0.2) is 13.3 Å². The molecule has 0 spiro atoms.